The number of ether oxygens (including phenoxy) is 1. The van der Waals surface area contributed by atoms with Crippen LogP contribution in [0.25, 0.3) is 0 Å². The van der Waals surface area contributed by atoms with Gasteiger partial charge >= 0.3 is 5.97 Å². The third kappa shape index (κ3) is 5.46. The zero-order chi connectivity index (χ0) is 15.1. The van der Waals surface area contributed by atoms with Gasteiger partial charge in [0.15, 0.2) is 12.7 Å². The van der Waals surface area contributed by atoms with Crippen LogP contribution in [0.4, 0.5) is 0 Å². The van der Waals surface area contributed by atoms with Crippen LogP contribution in [0.15, 0.2) is 18.2 Å². The summed E-state index contributed by atoms with van der Waals surface area (Å²) in [4.78, 5) is 21.8. The van der Waals surface area contributed by atoms with Gasteiger partial charge in [-0.1, -0.05) is 11.6 Å². The molecule has 0 fully saturated rings. The first-order valence-corrected chi connectivity index (χ1v) is 6.34. The molecule has 0 saturated carbocycles. The van der Waals surface area contributed by atoms with Crippen molar-refractivity contribution in [3.8, 4) is 5.75 Å². The summed E-state index contributed by atoms with van der Waals surface area (Å²) in [6, 6.07) is 5.04. The molecule has 0 spiro atoms. The van der Waals surface area contributed by atoms with E-state index >= 15 is 0 Å². The number of aliphatic hydroxyl groups is 1. The number of halogens is 1. The number of benzene rings is 1. The first kappa shape index (κ1) is 16.3. The number of aliphatic carboxylic acids is 1. The number of aryl methyl sites for hydroxylation is 1. The average molecular weight is 302 g/mol. The van der Waals surface area contributed by atoms with Crippen molar-refractivity contribution in [2.75, 3.05) is 13.2 Å². The average Bonchev–Trinajstić information content (AvgIpc) is 2.40. The summed E-state index contributed by atoms with van der Waals surface area (Å²) in [5, 5.41) is 20.5. The van der Waals surface area contributed by atoms with Crippen LogP contribution in [-0.4, -0.2) is 41.3 Å². The van der Waals surface area contributed by atoms with E-state index in [1.54, 1.807) is 18.2 Å². The van der Waals surface area contributed by atoms with Crippen LogP contribution in [0.5, 0.6) is 5.75 Å². The van der Waals surface area contributed by atoms with Gasteiger partial charge in [0.05, 0.1) is 0 Å². The molecule has 0 aromatic heterocycles. The van der Waals surface area contributed by atoms with E-state index in [1.165, 1.54) is 0 Å². The number of amides is 1. The molecular weight excluding hydrogens is 286 g/mol. The molecule has 1 aromatic rings. The highest BCUT2D eigenvalue weighted by molar-refractivity contribution is 6.31. The predicted molar refractivity (Wildman–Crippen MR) is 73.0 cm³/mol. The molecule has 1 aromatic carbocycles. The molecule has 0 saturated heterocycles. The normalized spacial score (nSPS) is 11.8. The fourth-order valence-corrected chi connectivity index (χ4v) is 1.50. The van der Waals surface area contributed by atoms with Crippen LogP contribution < -0.4 is 10.1 Å². The Morgan fingerprint density at radius 1 is 1.45 bits per heavy atom. The lowest BCUT2D eigenvalue weighted by atomic mass is 10.2. The molecule has 3 N–H and O–H groups in total. The molecule has 0 radical (unpaired) electrons. The van der Waals surface area contributed by atoms with Crippen LogP contribution in [-0.2, 0) is 9.59 Å². The van der Waals surface area contributed by atoms with Crippen LogP contribution >= 0.6 is 11.6 Å². The fourth-order valence-electron chi connectivity index (χ4n) is 1.38. The maximum atomic E-state index is 11.4. The summed E-state index contributed by atoms with van der Waals surface area (Å²) in [6.07, 6.45) is -1.53. The summed E-state index contributed by atoms with van der Waals surface area (Å²) in [6.45, 7) is 1.70. The summed E-state index contributed by atoms with van der Waals surface area (Å²) in [5.41, 5.74) is 0.842. The topological polar surface area (TPSA) is 95.9 Å². The van der Waals surface area contributed by atoms with E-state index in [9.17, 15) is 9.59 Å². The van der Waals surface area contributed by atoms with Gasteiger partial charge in [-0.15, -0.1) is 0 Å². The maximum Gasteiger partial charge on any atom is 0.332 e. The Morgan fingerprint density at radius 2 is 2.15 bits per heavy atom. The summed E-state index contributed by atoms with van der Waals surface area (Å²) < 4.78 is 5.26. The molecule has 110 valence electrons. The third-order valence-electron chi connectivity index (χ3n) is 2.52. The Morgan fingerprint density at radius 3 is 2.75 bits per heavy atom. The van der Waals surface area contributed by atoms with Gasteiger partial charge in [0.25, 0.3) is 5.91 Å². The molecular formula is C13H16ClNO5. The van der Waals surface area contributed by atoms with E-state index < -0.39 is 18.0 Å². The summed E-state index contributed by atoms with van der Waals surface area (Å²) in [7, 11) is 0. The minimum absolute atomic E-state index is 0.0544. The largest absolute Gasteiger partial charge is 0.484 e. The molecule has 0 aliphatic heterocycles. The first-order chi connectivity index (χ1) is 9.40. The number of carbonyl (C=O) groups is 2. The molecule has 6 nitrogen and oxygen atoms in total. The number of aliphatic hydroxyl groups excluding tert-OH is 1. The lowest BCUT2D eigenvalue weighted by Crippen LogP contribution is -2.33. The number of hydrogen-bond acceptors (Lipinski definition) is 4. The number of carboxylic acid groups (broad SMARTS) is 1. The zero-order valence-electron chi connectivity index (χ0n) is 10.9. The Hall–Kier alpha value is -1.79. The highest BCUT2D eigenvalue weighted by Crippen LogP contribution is 2.20. The number of carboxylic acids is 1. The monoisotopic (exact) mass is 301 g/mol. The SMILES string of the molecule is Cc1cc(OCC(=O)NCC[C@H](O)C(=O)O)ccc1Cl. The molecule has 1 amide bonds. The molecule has 1 rings (SSSR count). The molecule has 7 heteroatoms. The quantitative estimate of drug-likeness (QED) is 0.697. The van der Waals surface area contributed by atoms with Gasteiger partial charge in [-0.3, -0.25) is 4.79 Å². The number of rotatable bonds is 7. The van der Waals surface area contributed by atoms with Gasteiger partial charge < -0.3 is 20.3 Å². The predicted octanol–water partition coefficient (Wildman–Crippen LogP) is 0.979. The molecule has 0 bridgehead atoms. The Labute approximate surface area is 121 Å². The zero-order valence-corrected chi connectivity index (χ0v) is 11.7. The van der Waals surface area contributed by atoms with Crippen molar-refractivity contribution in [2.45, 2.75) is 19.4 Å². The van der Waals surface area contributed by atoms with Gasteiger partial charge in [0.2, 0.25) is 0 Å². The lowest BCUT2D eigenvalue weighted by molar-refractivity contribution is -0.147. The lowest BCUT2D eigenvalue weighted by Gasteiger charge is -2.09. The van der Waals surface area contributed by atoms with Crippen molar-refractivity contribution in [3.05, 3.63) is 28.8 Å². The van der Waals surface area contributed by atoms with Crippen molar-refractivity contribution in [1.82, 2.24) is 5.32 Å². The smallest absolute Gasteiger partial charge is 0.332 e. The highest BCUT2D eigenvalue weighted by Gasteiger charge is 2.13. The number of nitrogens with one attached hydrogen (secondary N) is 1. The van der Waals surface area contributed by atoms with Gasteiger partial charge in [0, 0.05) is 18.0 Å². The van der Waals surface area contributed by atoms with Gasteiger partial charge in [0.1, 0.15) is 5.75 Å². The second-order valence-electron chi connectivity index (χ2n) is 4.19. The minimum Gasteiger partial charge on any atom is -0.484 e. The van der Waals surface area contributed by atoms with E-state index in [2.05, 4.69) is 5.32 Å². The van der Waals surface area contributed by atoms with E-state index in [0.29, 0.717) is 10.8 Å². The van der Waals surface area contributed by atoms with Crippen LogP contribution in [0.1, 0.15) is 12.0 Å². The second kappa shape index (κ2) is 7.72. The standard InChI is InChI=1S/C13H16ClNO5/c1-8-6-9(2-3-10(8)14)20-7-12(17)15-5-4-11(16)13(18)19/h2-3,6,11,16H,4-5,7H2,1H3,(H,15,17)(H,18,19)/t11-/m0/s1. The molecule has 0 unspecified atom stereocenters. The van der Waals surface area contributed by atoms with Crippen molar-refractivity contribution < 1.29 is 24.5 Å². The molecule has 0 aliphatic carbocycles. The Balaban J connectivity index is 2.29. The van der Waals surface area contributed by atoms with Gasteiger partial charge in [-0.05, 0) is 30.7 Å². The van der Waals surface area contributed by atoms with Crippen molar-refractivity contribution in [2.24, 2.45) is 0 Å². The van der Waals surface area contributed by atoms with Crippen molar-refractivity contribution >= 4 is 23.5 Å². The van der Waals surface area contributed by atoms with E-state index in [-0.39, 0.29) is 19.6 Å². The van der Waals surface area contributed by atoms with E-state index in [1.807, 2.05) is 6.92 Å². The molecule has 1 atom stereocenters. The number of hydrogen-bond donors (Lipinski definition) is 3. The first-order valence-electron chi connectivity index (χ1n) is 5.96. The minimum atomic E-state index is -1.48. The van der Waals surface area contributed by atoms with Crippen LogP contribution in [0, 0.1) is 6.92 Å². The Bertz CT molecular complexity index is 492. The third-order valence-corrected chi connectivity index (χ3v) is 2.95. The number of carbonyl (C=O) groups excluding carboxylic acids is 1. The Kier molecular flexibility index (Phi) is 6.27. The van der Waals surface area contributed by atoms with Crippen LogP contribution in [0.3, 0.4) is 0 Å². The maximum absolute atomic E-state index is 11.4. The van der Waals surface area contributed by atoms with Gasteiger partial charge in [-0.25, -0.2) is 4.79 Å². The van der Waals surface area contributed by atoms with Crippen molar-refractivity contribution in [1.29, 1.82) is 0 Å². The van der Waals surface area contributed by atoms with E-state index in [0.717, 1.165) is 5.56 Å². The van der Waals surface area contributed by atoms with Gasteiger partial charge in [-0.2, -0.15) is 0 Å². The molecule has 0 aliphatic rings. The van der Waals surface area contributed by atoms with Crippen LogP contribution in [0.2, 0.25) is 5.02 Å². The second-order valence-corrected chi connectivity index (χ2v) is 4.60. The van der Waals surface area contributed by atoms with E-state index in [4.69, 9.17) is 26.6 Å². The molecule has 20 heavy (non-hydrogen) atoms. The highest BCUT2D eigenvalue weighted by atomic mass is 35.5. The molecule has 0 heterocycles. The van der Waals surface area contributed by atoms with Crippen molar-refractivity contribution in [3.63, 3.8) is 0 Å². The summed E-state index contributed by atoms with van der Waals surface area (Å²) >= 11 is 5.86. The summed E-state index contributed by atoms with van der Waals surface area (Å²) in [5.74, 6) is -1.19. The fraction of sp³-hybridized carbons (Fsp3) is 0.385.